The van der Waals surface area contributed by atoms with Crippen molar-refractivity contribution in [3.05, 3.63) is 23.8 Å². The van der Waals surface area contributed by atoms with Crippen LogP contribution in [0.15, 0.2) is 18.2 Å². The van der Waals surface area contributed by atoms with Gasteiger partial charge in [-0.3, -0.25) is 0 Å². The van der Waals surface area contributed by atoms with Crippen LogP contribution in [0.3, 0.4) is 0 Å². The number of nitrogens with one attached hydrogen (secondary N) is 1. The average molecular weight is 215 g/mol. The topological polar surface area (TPSA) is 61.8 Å². The number of hydrogen-bond donors (Lipinski definition) is 2. The summed E-state index contributed by atoms with van der Waals surface area (Å²) < 4.78 is 0. The molecule has 0 spiro atoms. The zero-order valence-electron chi connectivity index (χ0n) is 9.53. The minimum atomic E-state index is 0.552. The predicted molar refractivity (Wildman–Crippen MR) is 66.0 cm³/mol. The van der Waals surface area contributed by atoms with E-state index in [0.717, 1.165) is 11.6 Å². The van der Waals surface area contributed by atoms with Crippen molar-refractivity contribution in [2.75, 3.05) is 11.1 Å². The fraction of sp³-hybridized carbons (Fsp3) is 0.462. The van der Waals surface area contributed by atoms with Gasteiger partial charge in [-0.25, -0.2) is 0 Å². The number of nitrogens with two attached hydrogens (primary N) is 1. The first-order chi connectivity index (χ1) is 7.74. The standard InChI is InChI=1S/C13H17N3/c1-2-3-9-7-13(9)16-12-5-4-11(15)6-10(12)8-14/h4-6,9,13,16H,2-3,7,15H2,1H3. The summed E-state index contributed by atoms with van der Waals surface area (Å²) in [6, 6.07) is 8.18. The second-order valence-electron chi connectivity index (χ2n) is 4.45. The number of rotatable bonds is 4. The molecule has 1 aliphatic rings. The quantitative estimate of drug-likeness (QED) is 0.759. The minimum absolute atomic E-state index is 0.552. The SMILES string of the molecule is CCCC1CC1Nc1ccc(N)cc1C#N. The zero-order chi connectivity index (χ0) is 11.5. The summed E-state index contributed by atoms with van der Waals surface area (Å²) in [6.45, 7) is 2.21. The fourth-order valence-corrected chi connectivity index (χ4v) is 2.09. The van der Waals surface area contributed by atoms with Crippen molar-refractivity contribution < 1.29 is 0 Å². The molecular formula is C13H17N3. The van der Waals surface area contributed by atoms with Crippen LogP contribution in [0.2, 0.25) is 0 Å². The second-order valence-corrected chi connectivity index (χ2v) is 4.45. The highest BCUT2D eigenvalue weighted by molar-refractivity contribution is 5.63. The van der Waals surface area contributed by atoms with Crippen molar-refractivity contribution in [1.82, 2.24) is 0 Å². The van der Waals surface area contributed by atoms with Gasteiger partial charge in [0, 0.05) is 11.7 Å². The van der Waals surface area contributed by atoms with Gasteiger partial charge in [-0.2, -0.15) is 5.26 Å². The number of nitrogen functional groups attached to an aromatic ring is 1. The molecule has 0 aliphatic heterocycles. The molecule has 3 nitrogen and oxygen atoms in total. The lowest BCUT2D eigenvalue weighted by atomic mass is 10.1. The Morgan fingerprint density at radius 3 is 3.06 bits per heavy atom. The Morgan fingerprint density at radius 1 is 1.56 bits per heavy atom. The van der Waals surface area contributed by atoms with Crippen LogP contribution in [0.25, 0.3) is 0 Å². The molecule has 2 rings (SSSR count). The molecule has 3 N–H and O–H groups in total. The largest absolute Gasteiger partial charge is 0.399 e. The van der Waals surface area contributed by atoms with Gasteiger partial charge in [0.05, 0.1) is 11.3 Å². The van der Waals surface area contributed by atoms with E-state index >= 15 is 0 Å². The summed E-state index contributed by atoms with van der Waals surface area (Å²) in [4.78, 5) is 0. The lowest BCUT2D eigenvalue weighted by Gasteiger charge is -2.08. The van der Waals surface area contributed by atoms with Crippen molar-refractivity contribution in [1.29, 1.82) is 5.26 Å². The minimum Gasteiger partial charge on any atom is -0.399 e. The van der Waals surface area contributed by atoms with Gasteiger partial charge in [0.1, 0.15) is 6.07 Å². The Balaban J connectivity index is 2.03. The van der Waals surface area contributed by atoms with E-state index in [1.54, 1.807) is 6.07 Å². The van der Waals surface area contributed by atoms with Gasteiger partial charge in [-0.05, 0) is 37.0 Å². The van der Waals surface area contributed by atoms with Crippen LogP contribution in [-0.4, -0.2) is 6.04 Å². The lowest BCUT2D eigenvalue weighted by molar-refractivity contribution is 0.693. The molecule has 16 heavy (non-hydrogen) atoms. The molecule has 0 radical (unpaired) electrons. The van der Waals surface area contributed by atoms with Crippen molar-refractivity contribution in [2.24, 2.45) is 5.92 Å². The molecule has 1 saturated carbocycles. The monoisotopic (exact) mass is 215 g/mol. The molecule has 0 heterocycles. The third-order valence-electron chi connectivity index (χ3n) is 3.09. The second kappa shape index (κ2) is 4.44. The maximum Gasteiger partial charge on any atom is 0.101 e. The molecule has 3 heteroatoms. The summed E-state index contributed by atoms with van der Waals surface area (Å²) in [5.74, 6) is 0.786. The van der Waals surface area contributed by atoms with E-state index in [2.05, 4.69) is 18.3 Å². The van der Waals surface area contributed by atoms with Crippen molar-refractivity contribution in [2.45, 2.75) is 32.2 Å². The van der Waals surface area contributed by atoms with E-state index in [4.69, 9.17) is 11.0 Å². The maximum atomic E-state index is 9.00. The van der Waals surface area contributed by atoms with Crippen LogP contribution in [0.4, 0.5) is 11.4 Å². The first kappa shape index (κ1) is 10.8. The van der Waals surface area contributed by atoms with E-state index in [9.17, 15) is 0 Å². The number of anilines is 2. The molecule has 2 atom stereocenters. The zero-order valence-corrected chi connectivity index (χ0v) is 9.53. The highest BCUT2D eigenvalue weighted by Gasteiger charge is 2.36. The van der Waals surface area contributed by atoms with Gasteiger partial charge in [0.2, 0.25) is 0 Å². The highest BCUT2D eigenvalue weighted by atomic mass is 15.0. The lowest BCUT2D eigenvalue weighted by Crippen LogP contribution is -2.06. The van der Waals surface area contributed by atoms with Crippen LogP contribution < -0.4 is 11.1 Å². The van der Waals surface area contributed by atoms with Crippen LogP contribution >= 0.6 is 0 Å². The summed E-state index contributed by atoms with van der Waals surface area (Å²) in [6.07, 6.45) is 3.73. The van der Waals surface area contributed by atoms with Crippen LogP contribution in [0.5, 0.6) is 0 Å². The Morgan fingerprint density at radius 2 is 2.38 bits per heavy atom. The Bertz CT molecular complexity index is 420. The molecule has 84 valence electrons. The molecular weight excluding hydrogens is 198 g/mol. The first-order valence-corrected chi connectivity index (χ1v) is 5.80. The third kappa shape index (κ3) is 2.27. The van der Waals surface area contributed by atoms with E-state index in [0.29, 0.717) is 17.3 Å². The van der Waals surface area contributed by atoms with E-state index in [1.807, 2.05) is 12.1 Å². The van der Waals surface area contributed by atoms with Gasteiger partial charge in [0.25, 0.3) is 0 Å². The van der Waals surface area contributed by atoms with Crippen molar-refractivity contribution >= 4 is 11.4 Å². The van der Waals surface area contributed by atoms with Crippen LogP contribution in [-0.2, 0) is 0 Å². The molecule has 0 saturated heterocycles. The summed E-state index contributed by atoms with van der Waals surface area (Å²) in [7, 11) is 0. The van der Waals surface area contributed by atoms with Gasteiger partial charge in [0.15, 0.2) is 0 Å². The molecule has 0 amide bonds. The van der Waals surface area contributed by atoms with E-state index < -0.39 is 0 Å². The molecule has 1 aromatic rings. The van der Waals surface area contributed by atoms with E-state index in [-0.39, 0.29) is 0 Å². The summed E-state index contributed by atoms with van der Waals surface area (Å²) in [5, 5.41) is 12.4. The van der Waals surface area contributed by atoms with E-state index in [1.165, 1.54) is 19.3 Å². The Kier molecular flexibility index (Phi) is 3.00. The first-order valence-electron chi connectivity index (χ1n) is 5.80. The predicted octanol–water partition coefficient (Wildman–Crippen LogP) is 2.74. The van der Waals surface area contributed by atoms with Gasteiger partial charge < -0.3 is 11.1 Å². The maximum absolute atomic E-state index is 9.00. The number of benzene rings is 1. The normalized spacial score (nSPS) is 22.5. The van der Waals surface area contributed by atoms with Gasteiger partial charge in [-0.15, -0.1) is 0 Å². The molecule has 1 aromatic carbocycles. The fourth-order valence-electron chi connectivity index (χ4n) is 2.09. The van der Waals surface area contributed by atoms with Gasteiger partial charge in [-0.1, -0.05) is 13.3 Å². The Hall–Kier alpha value is -1.69. The molecule has 2 unspecified atom stereocenters. The van der Waals surface area contributed by atoms with Gasteiger partial charge >= 0.3 is 0 Å². The molecule has 1 fully saturated rings. The molecule has 0 aromatic heterocycles. The summed E-state index contributed by atoms with van der Waals surface area (Å²) >= 11 is 0. The van der Waals surface area contributed by atoms with Crippen molar-refractivity contribution in [3.63, 3.8) is 0 Å². The number of nitriles is 1. The average Bonchev–Trinajstić information content (AvgIpc) is 3.00. The number of nitrogens with zero attached hydrogens (tertiary/aromatic N) is 1. The summed E-state index contributed by atoms with van der Waals surface area (Å²) in [5.41, 5.74) is 7.85. The van der Waals surface area contributed by atoms with Crippen LogP contribution in [0, 0.1) is 17.2 Å². The van der Waals surface area contributed by atoms with Crippen LogP contribution in [0.1, 0.15) is 31.7 Å². The van der Waals surface area contributed by atoms with Crippen molar-refractivity contribution in [3.8, 4) is 6.07 Å². The molecule has 0 bridgehead atoms. The molecule has 1 aliphatic carbocycles. The smallest absolute Gasteiger partial charge is 0.101 e. The number of hydrogen-bond acceptors (Lipinski definition) is 3. The third-order valence-corrected chi connectivity index (χ3v) is 3.09. The Labute approximate surface area is 96.3 Å². The highest BCUT2D eigenvalue weighted by Crippen LogP contribution is 2.37.